The molecule has 0 bridgehead atoms. The van der Waals surface area contributed by atoms with Gasteiger partial charge in [-0.1, -0.05) is 6.08 Å². The van der Waals surface area contributed by atoms with Crippen molar-refractivity contribution in [3.8, 4) is 0 Å². The van der Waals surface area contributed by atoms with Crippen molar-refractivity contribution in [1.29, 1.82) is 0 Å². The minimum absolute atomic E-state index is 0.104. The summed E-state index contributed by atoms with van der Waals surface area (Å²) in [4.78, 5) is 0. The van der Waals surface area contributed by atoms with E-state index in [-0.39, 0.29) is 24.6 Å². The van der Waals surface area contributed by atoms with Crippen LogP contribution in [0.5, 0.6) is 0 Å². The van der Waals surface area contributed by atoms with E-state index in [4.69, 9.17) is 18.9 Å². The molecule has 14 heavy (non-hydrogen) atoms. The standard InChI is InChI=1S/C10H16O4/c1-5-6-7-8(9(11-4)12-6)14-10(2,3)13-7/h5-9H,1H2,2-4H3/t6-,7+,8+,9?/m1/s1. The third-order valence-corrected chi connectivity index (χ3v) is 2.51. The number of rotatable bonds is 2. The van der Waals surface area contributed by atoms with Crippen LogP contribution >= 0.6 is 0 Å². The molecule has 0 aromatic heterocycles. The zero-order valence-corrected chi connectivity index (χ0v) is 8.73. The molecule has 0 aliphatic carbocycles. The summed E-state index contributed by atoms with van der Waals surface area (Å²) in [6.45, 7) is 7.48. The van der Waals surface area contributed by atoms with E-state index in [2.05, 4.69) is 6.58 Å². The maximum Gasteiger partial charge on any atom is 0.187 e. The molecule has 1 unspecified atom stereocenters. The van der Waals surface area contributed by atoms with E-state index in [1.807, 2.05) is 13.8 Å². The summed E-state index contributed by atoms with van der Waals surface area (Å²) in [5.74, 6) is -0.558. The van der Waals surface area contributed by atoms with Crippen molar-refractivity contribution in [3.63, 3.8) is 0 Å². The van der Waals surface area contributed by atoms with Crippen LogP contribution in [0.15, 0.2) is 12.7 Å². The third-order valence-electron chi connectivity index (χ3n) is 2.51. The molecule has 0 aromatic rings. The van der Waals surface area contributed by atoms with E-state index in [1.54, 1.807) is 13.2 Å². The van der Waals surface area contributed by atoms with E-state index in [0.29, 0.717) is 0 Å². The highest BCUT2D eigenvalue weighted by atomic mass is 16.8. The second-order valence-electron chi connectivity index (χ2n) is 4.01. The predicted octanol–water partition coefficient (Wildman–Crippen LogP) is 1.06. The molecule has 2 fully saturated rings. The molecule has 0 amide bonds. The van der Waals surface area contributed by atoms with E-state index < -0.39 is 5.79 Å². The van der Waals surface area contributed by atoms with E-state index in [1.165, 1.54) is 0 Å². The lowest BCUT2D eigenvalue weighted by Gasteiger charge is -2.22. The van der Waals surface area contributed by atoms with Gasteiger partial charge in [0.1, 0.15) is 18.3 Å². The fraction of sp³-hybridized carbons (Fsp3) is 0.800. The molecule has 4 nitrogen and oxygen atoms in total. The summed E-state index contributed by atoms with van der Waals surface area (Å²) in [6.07, 6.45) is 0.962. The van der Waals surface area contributed by atoms with Gasteiger partial charge in [-0.2, -0.15) is 0 Å². The molecule has 0 radical (unpaired) electrons. The average Bonchev–Trinajstić information content (AvgIpc) is 2.57. The van der Waals surface area contributed by atoms with Crippen molar-refractivity contribution in [2.24, 2.45) is 0 Å². The average molecular weight is 200 g/mol. The summed E-state index contributed by atoms with van der Waals surface area (Å²) in [5, 5.41) is 0. The number of ether oxygens (including phenoxy) is 4. The van der Waals surface area contributed by atoms with Crippen molar-refractivity contribution in [2.75, 3.05) is 7.11 Å². The van der Waals surface area contributed by atoms with Crippen LogP contribution in [0, 0.1) is 0 Å². The molecule has 0 saturated carbocycles. The lowest BCUT2D eigenvalue weighted by atomic mass is 10.1. The Morgan fingerprint density at radius 3 is 2.50 bits per heavy atom. The fourth-order valence-corrected chi connectivity index (χ4v) is 1.97. The highest BCUT2D eigenvalue weighted by molar-refractivity contribution is 5.01. The van der Waals surface area contributed by atoms with Gasteiger partial charge < -0.3 is 18.9 Å². The Labute approximate surface area is 83.8 Å². The quantitative estimate of drug-likeness (QED) is 0.625. The van der Waals surface area contributed by atoms with Crippen molar-refractivity contribution in [1.82, 2.24) is 0 Å². The van der Waals surface area contributed by atoms with Crippen molar-refractivity contribution in [2.45, 2.75) is 44.2 Å². The Bertz CT molecular complexity index is 238. The Morgan fingerprint density at radius 1 is 1.29 bits per heavy atom. The van der Waals surface area contributed by atoms with Gasteiger partial charge in [0, 0.05) is 7.11 Å². The van der Waals surface area contributed by atoms with Crippen LogP contribution in [-0.4, -0.2) is 37.5 Å². The predicted molar refractivity (Wildman–Crippen MR) is 49.7 cm³/mol. The van der Waals surface area contributed by atoms with Crippen LogP contribution in [0.1, 0.15) is 13.8 Å². The maximum absolute atomic E-state index is 5.71. The zero-order chi connectivity index (χ0) is 10.3. The van der Waals surface area contributed by atoms with Crippen molar-refractivity contribution < 1.29 is 18.9 Å². The van der Waals surface area contributed by atoms with Gasteiger partial charge in [-0.05, 0) is 13.8 Å². The highest BCUT2D eigenvalue weighted by Gasteiger charge is 2.54. The van der Waals surface area contributed by atoms with E-state index in [9.17, 15) is 0 Å². The first kappa shape index (κ1) is 10.1. The van der Waals surface area contributed by atoms with Gasteiger partial charge in [0.2, 0.25) is 0 Å². The summed E-state index contributed by atoms with van der Waals surface area (Å²) in [6, 6.07) is 0. The van der Waals surface area contributed by atoms with Crippen LogP contribution in [0.3, 0.4) is 0 Å². The molecular weight excluding hydrogens is 184 g/mol. The van der Waals surface area contributed by atoms with Crippen LogP contribution < -0.4 is 0 Å². The molecule has 2 aliphatic heterocycles. The van der Waals surface area contributed by atoms with Crippen molar-refractivity contribution in [3.05, 3.63) is 12.7 Å². The number of methoxy groups -OCH3 is 1. The summed E-state index contributed by atoms with van der Waals surface area (Å²) in [7, 11) is 1.60. The molecule has 2 rings (SSSR count). The smallest absolute Gasteiger partial charge is 0.187 e. The number of hydrogen-bond acceptors (Lipinski definition) is 4. The van der Waals surface area contributed by atoms with Gasteiger partial charge in [0.15, 0.2) is 12.1 Å². The summed E-state index contributed by atoms with van der Waals surface area (Å²) < 4.78 is 22.1. The Hall–Kier alpha value is -0.420. The Kier molecular flexibility index (Phi) is 2.39. The SMILES string of the molecule is C=C[C@H]1OC(OC)[C@H]2OC(C)(C)O[C@H]21. The second kappa shape index (κ2) is 3.31. The van der Waals surface area contributed by atoms with Gasteiger partial charge in [-0.15, -0.1) is 6.58 Å². The molecule has 0 N–H and O–H groups in total. The highest BCUT2D eigenvalue weighted by Crippen LogP contribution is 2.38. The van der Waals surface area contributed by atoms with Gasteiger partial charge >= 0.3 is 0 Å². The first-order valence-corrected chi connectivity index (χ1v) is 4.74. The van der Waals surface area contributed by atoms with E-state index >= 15 is 0 Å². The third kappa shape index (κ3) is 1.48. The first-order chi connectivity index (χ1) is 6.57. The normalized spacial score (nSPS) is 45.1. The number of hydrogen-bond donors (Lipinski definition) is 0. The van der Waals surface area contributed by atoms with Gasteiger partial charge in [0.25, 0.3) is 0 Å². The minimum atomic E-state index is -0.558. The van der Waals surface area contributed by atoms with Gasteiger partial charge in [-0.25, -0.2) is 0 Å². The molecule has 2 aliphatic rings. The monoisotopic (exact) mass is 200 g/mol. The molecule has 4 heteroatoms. The van der Waals surface area contributed by atoms with Crippen LogP contribution in [0.25, 0.3) is 0 Å². The van der Waals surface area contributed by atoms with Gasteiger partial charge in [-0.3, -0.25) is 0 Å². The van der Waals surface area contributed by atoms with Crippen LogP contribution in [0.2, 0.25) is 0 Å². The number of fused-ring (bicyclic) bond motifs is 1. The summed E-state index contributed by atoms with van der Waals surface area (Å²) in [5.41, 5.74) is 0. The van der Waals surface area contributed by atoms with Crippen LogP contribution in [0.4, 0.5) is 0 Å². The second-order valence-corrected chi connectivity index (χ2v) is 4.01. The minimum Gasteiger partial charge on any atom is -0.353 e. The van der Waals surface area contributed by atoms with Crippen LogP contribution in [-0.2, 0) is 18.9 Å². The van der Waals surface area contributed by atoms with Gasteiger partial charge in [0.05, 0.1) is 0 Å². The molecule has 0 aromatic carbocycles. The summed E-state index contributed by atoms with van der Waals surface area (Å²) >= 11 is 0. The van der Waals surface area contributed by atoms with Crippen molar-refractivity contribution >= 4 is 0 Å². The Balaban J connectivity index is 2.16. The van der Waals surface area contributed by atoms with E-state index in [0.717, 1.165) is 0 Å². The molecule has 2 saturated heterocycles. The lowest BCUT2D eigenvalue weighted by molar-refractivity contribution is -0.221. The zero-order valence-electron chi connectivity index (χ0n) is 8.73. The maximum atomic E-state index is 5.71. The molecule has 4 atom stereocenters. The largest absolute Gasteiger partial charge is 0.353 e. The molecule has 2 heterocycles. The fourth-order valence-electron chi connectivity index (χ4n) is 1.97. The lowest BCUT2D eigenvalue weighted by Crippen LogP contribution is -2.30. The Morgan fingerprint density at radius 2 is 1.93 bits per heavy atom. The molecule has 0 spiro atoms. The topological polar surface area (TPSA) is 36.9 Å². The molecular formula is C10H16O4. The molecule has 80 valence electrons. The first-order valence-electron chi connectivity index (χ1n) is 4.74.